The van der Waals surface area contributed by atoms with Crippen molar-refractivity contribution in [2.75, 3.05) is 25.1 Å². The molecule has 0 spiro atoms. The van der Waals surface area contributed by atoms with Gasteiger partial charge in [-0.2, -0.15) is 11.8 Å². The van der Waals surface area contributed by atoms with Crippen molar-refractivity contribution in [1.29, 1.82) is 0 Å². The molecule has 1 fully saturated rings. The molecule has 2 aromatic rings. The molecule has 1 heterocycles. The Morgan fingerprint density at radius 2 is 1.78 bits per heavy atom. The van der Waals surface area contributed by atoms with Gasteiger partial charge in [-0.05, 0) is 67.9 Å². The molecule has 1 aliphatic heterocycles. The first-order valence-electron chi connectivity index (χ1n) is 11.0. The third-order valence-corrected chi connectivity index (χ3v) is 6.10. The van der Waals surface area contributed by atoms with Gasteiger partial charge in [0.15, 0.2) is 0 Å². The topological polar surface area (TPSA) is 95.7 Å². The van der Waals surface area contributed by atoms with Crippen molar-refractivity contribution in [2.45, 2.75) is 45.6 Å². The second-order valence-electron chi connectivity index (χ2n) is 8.11. The second kappa shape index (κ2) is 13.3. The van der Waals surface area contributed by atoms with E-state index in [2.05, 4.69) is 5.32 Å². The van der Waals surface area contributed by atoms with Crippen LogP contribution in [0.4, 0.5) is 0 Å². The van der Waals surface area contributed by atoms with E-state index in [4.69, 9.17) is 5.84 Å². The quantitative estimate of drug-likeness (QED) is 0.538. The maximum atomic E-state index is 12.8. The molecule has 7 heteroatoms. The molecule has 0 saturated carbocycles. The molecule has 1 amide bonds. The largest absolute Gasteiger partial charge is 0.480 e. The summed E-state index contributed by atoms with van der Waals surface area (Å²) in [7, 11) is 0. The van der Waals surface area contributed by atoms with Gasteiger partial charge < -0.3 is 10.4 Å². The van der Waals surface area contributed by atoms with Crippen LogP contribution in [0, 0.1) is 13.8 Å². The van der Waals surface area contributed by atoms with Crippen molar-refractivity contribution in [1.82, 2.24) is 10.3 Å². The summed E-state index contributed by atoms with van der Waals surface area (Å²) in [5.74, 6) is 4.78. The Morgan fingerprint density at radius 1 is 1.09 bits per heavy atom. The lowest BCUT2D eigenvalue weighted by Crippen LogP contribution is -2.41. The minimum Gasteiger partial charge on any atom is -0.480 e. The number of carboxylic acids is 1. The first kappa shape index (κ1) is 25.9. The van der Waals surface area contributed by atoms with Gasteiger partial charge in [-0.3, -0.25) is 10.6 Å². The van der Waals surface area contributed by atoms with E-state index in [0.29, 0.717) is 17.7 Å². The number of carboxylic acid groups (broad SMARTS) is 1. The number of hydrazine groups is 1. The molecular weight excluding hydrogens is 422 g/mol. The average Bonchev–Trinajstić information content (AvgIpc) is 2.77. The Balaban J connectivity index is 0.000000439. The SMILES string of the molecule is CSCCC(NC(=O)c1ccc(C)cc1-c1ccccc1C)C(=O)O.NN1CCCCC1. The Morgan fingerprint density at radius 3 is 2.34 bits per heavy atom. The summed E-state index contributed by atoms with van der Waals surface area (Å²) in [6, 6.07) is 12.6. The number of nitrogens with one attached hydrogen (secondary N) is 1. The zero-order valence-corrected chi connectivity index (χ0v) is 20.1. The molecule has 0 aromatic heterocycles. The zero-order chi connectivity index (χ0) is 23.5. The molecule has 0 radical (unpaired) electrons. The van der Waals surface area contributed by atoms with Gasteiger partial charge in [0.05, 0.1) is 0 Å². The first-order valence-corrected chi connectivity index (χ1v) is 12.4. The second-order valence-corrected chi connectivity index (χ2v) is 9.09. The summed E-state index contributed by atoms with van der Waals surface area (Å²) >= 11 is 1.56. The highest BCUT2D eigenvalue weighted by Crippen LogP contribution is 2.28. The van der Waals surface area contributed by atoms with E-state index in [1.54, 1.807) is 17.8 Å². The number of hydrogen-bond acceptors (Lipinski definition) is 5. The van der Waals surface area contributed by atoms with Crippen LogP contribution in [-0.4, -0.2) is 53.1 Å². The minimum atomic E-state index is -1.01. The summed E-state index contributed by atoms with van der Waals surface area (Å²) in [5, 5.41) is 13.9. The molecule has 1 aliphatic rings. The highest BCUT2D eigenvalue weighted by molar-refractivity contribution is 7.98. The highest BCUT2D eigenvalue weighted by atomic mass is 32.2. The molecule has 0 bridgehead atoms. The lowest BCUT2D eigenvalue weighted by atomic mass is 9.94. The number of piperidine rings is 1. The van der Waals surface area contributed by atoms with Crippen molar-refractivity contribution in [3.8, 4) is 11.1 Å². The average molecular weight is 458 g/mol. The molecule has 6 nitrogen and oxygen atoms in total. The zero-order valence-electron chi connectivity index (χ0n) is 19.3. The number of amides is 1. The van der Waals surface area contributed by atoms with Crippen LogP contribution < -0.4 is 11.2 Å². The Hall–Kier alpha value is -2.35. The molecule has 4 N–H and O–H groups in total. The van der Waals surface area contributed by atoms with Crippen LogP contribution in [0.25, 0.3) is 11.1 Å². The summed E-state index contributed by atoms with van der Waals surface area (Å²) in [6.07, 6.45) is 6.26. The number of aliphatic carboxylic acids is 1. The number of carbonyl (C=O) groups is 2. The summed E-state index contributed by atoms with van der Waals surface area (Å²) < 4.78 is 0. The summed E-state index contributed by atoms with van der Waals surface area (Å²) in [4.78, 5) is 24.2. The third kappa shape index (κ3) is 7.97. The molecule has 3 rings (SSSR count). The third-order valence-electron chi connectivity index (χ3n) is 5.46. The molecule has 32 heavy (non-hydrogen) atoms. The van der Waals surface area contributed by atoms with Gasteiger partial charge in [0, 0.05) is 18.7 Å². The van der Waals surface area contributed by atoms with E-state index < -0.39 is 12.0 Å². The van der Waals surface area contributed by atoms with E-state index in [1.807, 2.05) is 61.5 Å². The Kier molecular flexibility index (Phi) is 10.7. The van der Waals surface area contributed by atoms with Gasteiger partial charge in [-0.15, -0.1) is 0 Å². The molecule has 174 valence electrons. The van der Waals surface area contributed by atoms with Gasteiger partial charge >= 0.3 is 5.97 Å². The van der Waals surface area contributed by atoms with Gasteiger partial charge in [0.2, 0.25) is 0 Å². The van der Waals surface area contributed by atoms with Crippen LogP contribution in [0.5, 0.6) is 0 Å². The fraction of sp³-hybridized carbons (Fsp3) is 0.440. The van der Waals surface area contributed by atoms with Crippen LogP contribution >= 0.6 is 11.8 Å². The number of rotatable bonds is 7. The fourth-order valence-corrected chi connectivity index (χ4v) is 4.07. The lowest BCUT2D eigenvalue weighted by molar-refractivity contribution is -0.139. The molecule has 1 unspecified atom stereocenters. The molecule has 2 aromatic carbocycles. The van der Waals surface area contributed by atoms with Crippen LogP contribution in [0.15, 0.2) is 42.5 Å². The van der Waals surface area contributed by atoms with Crippen LogP contribution in [0.2, 0.25) is 0 Å². The molecular formula is C25H35N3O3S. The Labute approximate surface area is 195 Å². The molecule has 1 saturated heterocycles. The molecule has 1 atom stereocenters. The molecule has 0 aliphatic carbocycles. The van der Waals surface area contributed by atoms with Crippen molar-refractivity contribution >= 4 is 23.6 Å². The van der Waals surface area contributed by atoms with E-state index in [-0.39, 0.29) is 5.91 Å². The van der Waals surface area contributed by atoms with Gasteiger partial charge in [-0.25, -0.2) is 9.80 Å². The number of thioether (sulfide) groups is 1. The minimum absolute atomic E-state index is 0.355. The number of carbonyl (C=O) groups excluding carboxylic acids is 1. The number of aryl methyl sites for hydroxylation is 2. The Bertz CT molecular complexity index is 898. The number of nitrogens with two attached hydrogens (primary N) is 1. The summed E-state index contributed by atoms with van der Waals surface area (Å²) in [5.41, 5.74) is 4.42. The summed E-state index contributed by atoms with van der Waals surface area (Å²) in [6.45, 7) is 6.17. The number of benzene rings is 2. The highest BCUT2D eigenvalue weighted by Gasteiger charge is 2.22. The monoisotopic (exact) mass is 457 g/mol. The van der Waals surface area contributed by atoms with Crippen LogP contribution in [0.3, 0.4) is 0 Å². The van der Waals surface area contributed by atoms with Crippen molar-refractivity contribution in [3.05, 3.63) is 59.2 Å². The van der Waals surface area contributed by atoms with Gasteiger partial charge in [0.25, 0.3) is 5.91 Å². The van der Waals surface area contributed by atoms with E-state index >= 15 is 0 Å². The maximum Gasteiger partial charge on any atom is 0.326 e. The van der Waals surface area contributed by atoms with Crippen LogP contribution in [0.1, 0.15) is 47.2 Å². The van der Waals surface area contributed by atoms with E-state index in [9.17, 15) is 14.7 Å². The van der Waals surface area contributed by atoms with Gasteiger partial charge in [0.1, 0.15) is 6.04 Å². The van der Waals surface area contributed by atoms with Crippen LogP contribution in [-0.2, 0) is 4.79 Å². The fourth-order valence-electron chi connectivity index (χ4n) is 3.60. The van der Waals surface area contributed by atoms with Gasteiger partial charge in [-0.1, -0.05) is 48.4 Å². The van der Waals surface area contributed by atoms with Crippen molar-refractivity contribution in [3.63, 3.8) is 0 Å². The lowest BCUT2D eigenvalue weighted by Gasteiger charge is -2.20. The standard InChI is InChI=1S/C20H23NO3S.C5H12N2/c1-13-8-9-16(17(12-13)15-7-5-4-6-14(15)2)19(22)21-18(20(23)24)10-11-25-3;6-7-4-2-1-3-5-7/h4-9,12,18H,10-11H2,1-3H3,(H,21,22)(H,23,24);1-6H2. The smallest absolute Gasteiger partial charge is 0.326 e. The first-order chi connectivity index (χ1) is 15.3. The van der Waals surface area contributed by atoms with Crippen molar-refractivity contribution < 1.29 is 14.7 Å². The predicted octanol–water partition coefficient (Wildman–Crippen LogP) is 4.25. The van der Waals surface area contributed by atoms with E-state index in [1.165, 1.54) is 19.3 Å². The predicted molar refractivity (Wildman–Crippen MR) is 133 cm³/mol. The number of hydrogen-bond donors (Lipinski definition) is 3. The normalized spacial score (nSPS) is 14.8. The van der Waals surface area contributed by atoms with Crippen molar-refractivity contribution in [2.24, 2.45) is 5.84 Å². The number of nitrogens with zero attached hydrogens (tertiary/aromatic N) is 1. The van der Waals surface area contributed by atoms with E-state index in [0.717, 1.165) is 35.3 Å². The maximum absolute atomic E-state index is 12.8.